The van der Waals surface area contributed by atoms with Gasteiger partial charge in [-0.2, -0.15) is 0 Å². The minimum absolute atomic E-state index is 0.628. The van der Waals surface area contributed by atoms with Crippen molar-refractivity contribution >= 4 is 39.8 Å². The largest absolute Gasteiger partial charge is 0.414 e. The molecule has 0 amide bonds. The molecule has 0 unspecified atom stereocenters. The zero-order chi connectivity index (χ0) is 11.2. The van der Waals surface area contributed by atoms with Crippen LogP contribution in [0.3, 0.4) is 0 Å². The van der Waals surface area contributed by atoms with E-state index in [2.05, 4.69) is 26.2 Å². The van der Waals surface area contributed by atoms with Crippen molar-refractivity contribution in [2.24, 2.45) is 0 Å². The molecule has 0 spiro atoms. The van der Waals surface area contributed by atoms with E-state index in [1.54, 1.807) is 0 Å². The van der Waals surface area contributed by atoms with Crippen LogP contribution in [-0.4, -0.2) is 40.9 Å². The van der Waals surface area contributed by atoms with Gasteiger partial charge in [-0.3, -0.25) is 0 Å². The quantitative estimate of drug-likeness (QED) is 0.404. The van der Waals surface area contributed by atoms with Crippen LogP contribution in [-0.2, 0) is 8.85 Å². The monoisotopic (exact) mass is 274 g/mol. The van der Waals surface area contributed by atoms with Crippen molar-refractivity contribution in [3.8, 4) is 0 Å². The van der Waals surface area contributed by atoms with E-state index in [4.69, 9.17) is 32.1 Å². The number of hydrogen-bond acceptors (Lipinski definition) is 2. The second-order valence-corrected chi connectivity index (χ2v) is 14.2. The third-order valence-electron chi connectivity index (χ3n) is 1.71. The third kappa shape index (κ3) is 7.26. The fourth-order valence-electron chi connectivity index (χ4n) is 0.713. The van der Waals surface area contributed by atoms with E-state index < -0.39 is 16.6 Å². The van der Waals surface area contributed by atoms with Crippen LogP contribution in [0.4, 0.5) is 0 Å². The Bertz CT molecular complexity index is 147. The lowest BCUT2D eigenvalue weighted by molar-refractivity contribution is 0.207. The Hall–Kier alpha value is 0.934. The highest BCUT2D eigenvalue weighted by molar-refractivity contribution is 6.78. The first kappa shape index (κ1) is 14.9. The summed E-state index contributed by atoms with van der Waals surface area (Å²) in [4.78, 5) is 0. The van der Waals surface area contributed by atoms with Crippen LogP contribution in [0.25, 0.3) is 0 Å². The Balaban J connectivity index is 3.57. The Kier molecular flexibility index (Phi) is 6.94. The van der Waals surface area contributed by atoms with E-state index >= 15 is 0 Å². The van der Waals surface area contributed by atoms with Gasteiger partial charge < -0.3 is 8.85 Å². The Morgan fingerprint density at radius 3 is 1.29 bits per heavy atom. The summed E-state index contributed by atoms with van der Waals surface area (Å²) in [5, 5.41) is 0. The van der Waals surface area contributed by atoms with Crippen LogP contribution in [0.2, 0.25) is 26.2 Å². The summed E-state index contributed by atoms with van der Waals surface area (Å²) in [7, 11) is -3.23. The van der Waals surface area contributed by atoms with Gasteiger partial charge in [0.25, 0.3) is 0 Å². The summed E-state index contributed by atoms with van der Waals surface area (Å²) in [6.07, 6.45) is 0. The van der Waals surface area contributed by atoms with E-state index in [0.29, 0.717) is 24.2 Å². The number of rotatable bonds is 7. The maximum absolute atomic E-state index is 5.77. The zero-order valence-electron chi connectivity index (χ0n) is 9.40. The van der Waals surface area contributed by atoms with Crippen LogP contribution in [0.1, 0.15) is 0 Å². The maximum atomic E-state index is 5.77. The minimum Gasteiger partial charge on any atom is -0.414 e. The molecule has 0 bridgehead atoms. The normalized spacial score (nSPS) is 13.3. The molecule has 0 saturated carbocycles. The number of hydrogen-bond donors (Lipinski definition) is 0. The molecule has 0 aromatic carbocycles. The van der Waals surface area contributed by atoms with Gasteiger partial charge in [-0.1, -0.05) is 0 Å². The first-order valence-corrected chi connectivity index (χ1v) is 12.0. The summed E-state index contributed by atoms with van der Waals surface area (Å²) in [5.41, 5.74) is 1.26. The van der Waals surface area contributed by atoms with Gasteiger partial charge in [-0.15, -0.1) is 23.2 Å². The molecule has 14 heavy (non-hydrogen) atoms. The van der Waals surface area contributed by atoms with Crippen LogP contribution in [0.15, 0.2) is 0 Å². The molecule has 0 aromatic heterocycles. The molecule has 6 heteroatoms. The van der Waals surface area contributed by atoms with E-state index in [-0.39, 0.29) is 0 Å². The van der Waals surface area contributed by atoms with Crippen molar-refractivity contribution in [3.63, 3.8) is 0 Å². The highest BCUT2D eigenvalue weighted by Crippen LogP contribution is 2.08. The molecule has 0 aliphatic heterocycles. The molecular weight excluding hydrogens is 255 g/mol. The lowest BCUT2D eigenvalue weighted by atomic mass is 10.8. The van der Waals surface area contributed by atoms with Gasteiger partial charge in [-0.05, 0) is 26.2 Å². The first-order chi connectivity index (χ1) is 6.33. The van der Waals surface area contributed by atoms with Crippen molar-refractivity contribution in [2.45, 2.75) is 26.2 Å². The second kappa shape index (κ2) is 6.50. The van der Waals surface area contributed by atoms with Crippen LogP contribution in [0.5, 0.6) is 0 Å². The summed E-state index contributed by atoms with van der Waals surface area (Å²) in [6.45, 7) is 9.68. The number of alkyl halides is 2. The van der Waals surface area contributed by atoms with Gasteiger partial charge in [0.2, 0.25) is 16.6 Å². The molecule has 0 fully saturated rings. The molecule has 0 N–H and O–H groups in total. The van der Waals surface area contributed by atoms with Gasteiger partial charge in [0.05, 0.1) is 13.2 Å². The minimum atomic E-state index is -1.62. The third-order valence-corrected chi connectivity index (χ3v) is 8.83. The Morgan fingerprint density at radius 2 is 1.07 bits per heavy atom. The smallest absolute Gasteiger partial charge is 0.201 e. The highest BCUT2D eigenvalue weighted by atomic mass is 35.5. The lowest BCUT2D eigenvalue weighted by Gasteiger charge is -2.23. The molecule has 0 aliphatic carbocycles. The van der Waals surface area contributed by atoms with Crippen LogP contribution < -0.4 is 0 Å². The zero-order valence-corrected chi connectivity index (χ0v) is 12.9. The molecule has 0 atom stereocenters. The molecule has 86 valence electrons. The average molecular weight is 275 g/mol. The van der Waals surface area contributed by atoms with E-state index in [1.807, 2.05) is 0 Å². The summed E-state index contributed by atoms with van der Waals surface area (Å²) in [5.74, 6) is 0. The summed E-state index contributed by atoms with van der Waals surface area (Å²) < 4.78 is 11.4. The molecule has 0 rings (SSSR count). The molecule has 0 aromatic rings. The second-order valence-electron chi connectivity index (χ2n) is 4.48. The van der Waals surface area contributed by atoms with Crippen molar-refractivity contribution in [1.82, 2.24) is 0 Å². The van der Waals surface area contributed by atoms with E-state index in [0.717, 1.165) is 0 Å². The van der Waals surface area contributed by atoms with Gasteiger partial charge in [0, 0.05) is 11.0 Å². The molecule has 0 saturated heterocycles. The standard InChI is InChI=1S/C8H20Cl2O2Si2/c1-13(2,7-9)11-5-6-12-14(3,4)8-10/h5-8H2,1-4H3. The van der Waals surface area contributed by atoms with Crippen molar-refractivity contribution < 1.29 is 8.85 Å². The SMILES string of the molecule is C[Si](C)(CCl)OCCO[Si](C)(C)CCl. The summed E-state index contributed by atoms with van der Waals surface area (Å²) >= 11 is 11.5. The highest BCUT2D eigenvalue weighted by Gasteiger charge is 2.23. The topological polar surface area (TPSA) is 18.5 Å². The predicted octanol–water partition coefficient (Wildman–Crippen LogP) is 2.99. The molecule has 0 heterocycles. The fourth-order valence-corrected chi connectivity index (χ4v) is 2.60. The van der Waals surface area contributed by atoms with Gasteiger partial charge in [0.1, 0.15) is 0 Å². The Labute approximate surface area is 99.1 Å². The van der Waals surface area contributed by atoms with Crippen molar-refractivity contribution in [2.75, 3.05) is 24.2 Å². The fraction of sp³-hybridized carbons (Fsp3) is 1.00. The first-order valence-electron chi connectivity index (χ1n) is 4.73. The molecule has 0 radical (unpaired) electrons. The lowest BCUT2D eigenvalue weighted by Crippen LogP contribution is -2.38. The predicted molar refractivity (Wildman–Crippen MR) is 68.3 cm³/mol. The van der Waals surface area contributed by atoms with Crippen LogP contribution >= 0.6 is 23.2 Å². The van der Waals surface area contributed by atoms with Gasteiger partial charge in [0.15, 0.2) is 0 Å². The summed E-state index contributed by atoms with van der Waals surface area (Å²) in [6, 6.07) is 0. The van der Waals surface area contributed by atoms with Crippen molar-refractivity contribution in [1.29, 1.82) is 0 Å². The number of halogens is 2. The van der Waals surface area contributed by atoms with Gasteiger partial charge >= 0.3 is 0 Å². The van der Waals surface area contributed by atoms with Gasteiger partial charge in [-0.25, -0.2) is 0 Å². The molecule has 0 aliphatic rings. The van der Waals surface area contributed by atoms with E-state index in [1.165, 1.54) is 0 Å². The Morgan fingerprint density at radius 1 is 0.786 bits per heavy atom. The average Bonchev–Trinajstić information content (AvgIpc) is 2.13. The van der Waals surface area contributed by atoms with Crippen LogP contribution in [0, 0.1) is 0 Å². The molecular formula is C8H20Cl2O2Si2. The molecule has 2 nitrogen and oxygen atoms in total. The maximum Gasteiger partial charge on any atom is 0.201 e. The van der Waals surface area contributed by atoms with E-state index in [9.17, 15) is 0 Å². The van der Waals surface area contributed by atoms with Crippen molar-refractivity contribution in [3.05, 3.63) is 0 Å².